The molecular formula is C23H30FN3O4S. The second kappa shape index (κ2) is 11.6. The van der Waals surface area contributed by atoms with Gasteiger partial charge in [-0.25, -0.2) is 12.8 Å². The van der Waals surface area contributed by atoms with Crippen LogP contribution in [0, 0.1) is 5.82 Å². The van der Waals surface area contributed by atoms with Crippen LogP contribution in [0.15, 0.2) is 54.6 Å². The number of sulfonamides is 1. The van der Waals surface area contributed by atoms with E-state index in [1.165, 1.54) is 17.0 Å². The van der Waals surface area contributed by atoms with Crippen LogP contribution < -0.4 is 9.62 Å². The number of rotatable bonds is 11. The highest BCUT2D eigenvalue weighted by Gasteiger charge is 2.31. The molecule has 0 fully saturated rings. The van der Waals surface area contributed by atoms with Gasteiger partial charge in [0.25, 0.3) is 0 Å². The molecule has 0 aromatic heterocycles. The zero-order valence-corrected chi connectivity index (χ0v) is 19.4. The first kappa shape index (κ1) is 25.3. The number of anilines is 1. The number of hydrogen-bond donors (Lipinski definition) is 1. The van der Waals surface area contributed by atoms with Crippen LogP contribution in [0.1, 0.15) is 25.8 Å². The number of amides is 2. The second-order valence-corrected chi connectivity index (χ2v) is 9.29. The number of benzene rings is 2. The molecule has 7 nitrogen and oxygen atoms in total. The van der Waals surface area contributed by atoms with Gasteiger partial charge in [0.2, 0.25) is 21.8 Å². The average Bonchev–Trinajstić information content (AvgIpc) is 2.75. The number of nitrogens with one attached hydrogen (secondary N) is 1. The SMILES string of the molecule is CCNC(=O)[C@@H](CC)N(CCc1ccccc1)C(=O)CN(c1ccc(F)cc1)S(C)(=O)=O. The maximum Gasteiger partial charge on any atom is 0.244 e. The molecule has 0 aliphatic heterocycles. The molecule has 9 heteroatoms. The number of carbonyl (C=O) groups is 2. The standard InChI is InChI=1S/C23H30FN3O4S/c1-4-21(23(29)25-5-2)26(16-15-18-9-7-6-8-10-18)22(28)17-27(32(3,30)31)20-13-11-19(24)12-14-20/h6-14,21H,4-5,15-17H2,1-3H3,(H,25,29)/t21-/m1/s1. The van der Waals surface area contributed by atoms with Crippen molar-refractivity contribution >= 4 is 27.5 Å². The second-order valence-electron chi connectivity index (χ2n) is 7.39. The Morgan fingerprint density at radius 2 is 1.66 bits per heavy atom. The largest absolute Gasteiger partial charge is 0.355 e. The van der Waals surface area contributed by atoms with Crippen molar-refractivity contribution in [3.05, 3.63) is 66.0 Å². The van der Waals surface area contributed by atoms with Crippen LogP contribution in [-0.4, -0.2) is 57.1 Å². The van der Waals surface area contributed by atoms with Gasteiger partial charge in [0.05, 0.1) is 11.9 Å². The molecule has 2 rings (SSSR count). The summed E-state index contributed by atoms with van der Waals surface area (Å²) < 4.78 is 39.1. The molecular weight excluding hydrogens is 433 g/mol. The number of likely N-dealkylation sites (N-methyl/N-ethyl adjacent to an activating group) is 1. The quantitative estimate of drug-likeness (QED) is 0.555. The zero-order valence-electron chi connectivity index (χ0n) is 18.6. The van der Waals surface area contributed by atoms with Crippen LogP contribution in [0.2, 0.25) is 0 Å². The van der Waals surface area contributed by atoms with Gasteiger partial charge in [-0.15, -0.1) is 0 Å². The van der Waals surface area contributed by atoms with E-state index >= 15 is 0 Å². The van der Waals surface area contributed by atoms with Gasteiger partial charge in [0.15, 0.2) is 0 Å². The van der Waals surface area contributed by atoms with E-state index in [1.54, 1.807) is 13.8 Å². The summed E-state index contributed by atoms with van der Waals surface area (Å²) in [5.74, 6) is -1.31. The van der Waals surface area contributed by atoms with Gasteiger partial charge in [0, 0.05) is 13.1 Å². The predicted octanol–water partition coefficient (Wildman–Crippen LogP) is 2.58. The minimum absolute atomic E-state index is 0.177. The molecule has 174 valence electrons. The molecule has 32 heavy (non-hydrogen) atoms. The summed E-state index contributed by atoms with van der Waals surface area (Å²) in [6, 6.07) is 13.7. The summed E-state index contributed by atoms with van der Waals surface area (Å²) >= 11 is 0. The first-order valence-corrected chi connectivity index (χ1v) is 12.4. The number of carbonyl (C=O) groups excluding carboxylic acids is 2. The Balaban J connectivity index is 2.33. The highest BCUT2D eigenvalue weighted by molar-refractivity contribution is 7.92. The Hall–Kier alpha value is -2.94. The topological polar surface area (TPSA) is 86.8 Å². The fourth-order valence-electron chi connectivity index (χ4n) is 3.41. The van der Waals surface area contributed by atoms with Gasteiger partial charge < -0.3 is 10.2 Å². The predicted molar refractivity (Wildman–Crippen MR) is 123 cm³/mol. The maximum absolute atomic E-state index is 13.3. The van der Waals surface area contributed by atoms with Crippen molar-refractivity contribution in [2.24, 2.45) is 0 Å². The molecule has 2 amide bonds. The van der Waals surface area contributed by atoms with Crippen molar-refractivity contribution in [1.29, 1.82) is 0 Å². The Morgan fingerprint density at radius 1 is 1.03 bits per heavy atom. The molecule has 0 saturated heterocycles. The molecule has 1 N–H and O–H groups in total. The van der Waals surface area contributed by atoms with Crippen molar-refractivity contribution in [2.45, 2.75) is 32.7 Å². The summed E-state index contributed by atoms with van der Waals surface area (Å²) in [7, 11) is -3.83. The summed E-state index contributed by atoms with van der Waals surface area (Å²) in [5, 5.41) is 2.75. The Morgan fingerprint density at radius 3 is 2.19 bits per heavy atom. The van der Waals surface area contributed by atoms with Crippen molar-refractivity contribution in [1.82, 2.24) is 10.2 Å². The van der Waals surface area contributed by atoms with E-state index < -0.39 is 34.3 Å². The van der Waals surface area contributed by atoms with Gasteiger partial charge in [0.1, 0.15) is 18.4 Å². The van der Waals surface area contributed by atoms with Gasteiger partial charge in [-0.1, -0.05) is 37.3 Å². The van der Waals surface area contributed by atoms with Gasteiger partial charge in [-0.05, 0) is 49.6 Å². The van der Waals surface area contributed by atoms with Gasteiger partial charge in [-0.2, -0.15) is 0 Å². The molecule has 0 heterocycles. The molecule has 0 bridgehead atoms. The lowest BCUT2D eigenvalue weighted by atomic mass is 10.1. The van der Waals surface area contributed by atoms with E-state index in [1.807, 2.05) is 30.3 Å². The van der Waals surface area contributed by atoms with Crippen LogP contribution >= 0.6 is 0 Å². The molecule has 1 atom stereocenters. The summed E-state index contributed by atoms with van der Waals surface area (Å²) in [5.41, 5.74) is 1.17. The molecule has 0 aliphatic rings. The van der Waals surface area contributed by atoms with Crippen LogP contribution in [0.3, 0.4) is 0 Å². The van der Waals surface area contributed by atoms with E-state index in [0.29, 0.717) is 19.4 Å². The van der Waals surface area contributed by atoms with E-state index in [4.69, 9.17) is 0 Å². The van der Waals surface area contributed by atoms with E-state index in [-0.39, 0.29) is 18.1 Å². The minimum Gasteiger partial charge on any atom is -0.355 e. The zero-order chi connectivity index (χ0) is 23.7. The van der Waals surface area contributed by atoms with Crippen molar-refractivity contribution in [2.75, 3.05) is 30.2 Å². The monoisotopic (exact) mass is 463 g/mol. The van der Waals surface area contributed by atoms with E-state index in [0.717, 1.165) is 28.3 Å². The number of nitrogens with zero attached hydrogens (tertiary/aromatic N) is 2. The fourth-order valence-corrected chi connectivity index (χ4v) is 4.26. The van der Waals surface area contributed by atoms with Gasteiger partial charge >= 0.3 is 0 Å². The first-order valence-electron chi connectivity index (χ1n) is 10.5. The van der Waals surface area contributed by atoms with Crippen LogP contribution in [-0.2, 0) is 26.0 Å². The third kappa shape index (κ3) is 7.05. The Bertz CT molecular complexity index is 998. The van der Waals surface area contributed by atoms with Crippen molar-refractivity contribution < 1.29 is 22.4 Å². The van der Waals surface area contributed by atoms with Crippen molar-refractivity contribution in [3.8, 4) is 0 Å². The van der Waals surface area contributed by atoms with Crippen LogP contribution in [0.4, 0.5) is 10.1 Å². The highest BCUT2D eigenvalue weighted by Crippen LogP contribution is 2.19. The van der Waals surface area contributed by atoms with E-state index in [9.17, 15) is 22.4 Å². The van der Waals surface area contributed by atoms with Crippen molar-refractivity contribution in [3.63, 3.8) is 0 Å². The van der Waals surface area contributed by atoms with Gasteiger partial charge in [-0.3, -0.25) is 13.9 Å². The molecule has 2 aromatic rings. The molecule has 0 aliphatic carbocycles. The lowest BCUT2D eigenvalue weighted by Crippen LogP contribution is -2.53. The number of hydrogen-bond acceptors (Lipinski definition) is 4. The van der Waals surface area contributed by atoms with E-state index in [2.05, 4.69) is 5.32 Å². The lowest BCUT2D eigenvalue weighted by Gasteiger charge is -2.32. The Kier molecular flexibility index (Phi) is 9.19. The van der Waals surface area contributed by atoms with Crippen LogP contribution in [0.5, 0.6) is 0 Å². The normalized spacial score (nSPS) is 12.1. The molecule has 0 unspecified atom stereocenters. The minimum atomic E-state index is -3.83. The summed E-state index contributed by atoms with van der Waals surface area (Å²) in [6.45, 7) is 3.77. The molecule has 0 spiro atoms. The fraction of sp³-hybridized carbons (Fsp3) is 0.391. The smallest absolute Gasteiger partial charge is 0.244 e. The average molecular weight is 464 g/mol. The molecule has 0 saturated carbocycles. The third-order valence-electron chi connectivity index (χ3n) is 5.01. The summed E-state index contributed by atoms with van der Waals surface area (Å²) in [4.78, 5) is 27.4. The highest BCUT2D eigenvalue weighted by atomic mass is 32.2. The molecule has 2 aromatic carbocycles. The first-order chi connectivity index (χ1) is 15.2. The third-order valence-corrected chi connectivity index (χ3v) is 6.16. The lowest BCUT2D eigenvalue weighted by molar-refractivity contribution is -0.139. The summed E-state index contributed by atoms with van der Waals surface area (Å²) in [6.07, 6.45) is 1.87. The number of halogens is 1. The molecule has 0 radical (unpaired) electrons. The maximum atomic E-state index is 13.3. The Labute approximate surface area is 189 Å². The van der Waals surface area contributed by atoms with Crippen LogP contribution in [0.25, 0.3) is 0 Å².